The number of anilines is 1. The number of carbonyl (C=O) groups excluding carboxylic acids is 2. The third-order valence-electron chi connectivity index (χ3n) is 4.23. The van der Waals surface area contributed by atoms with Crippen LogP contribution in [-0.2, 0) is 10.0 Å². The second kappa shape index (κ2) is 9.97. The molecule has 2 amide bonds. The molecule has 3 aromatic rings. The summed E-state index contributed by atoms with van der Waals surface area (Å²) in [6.07, 6.45) is 0.0180. The number of nitrogens with one attached hydrogen (secondary N) is 3. The normalized spacial score (nSPS) is 11.0. The number of sulfonamides is 1. The van der Waals surface area contributed by atoms with Gasteiger partial charge in [-0.15, -0.1) is 0 Å². The van der Waals surface area contributed by atoms with Gasteiger partial charge in [0.2, 0.25) is 0 Å². The molecule has 9 heteroatoms. The fraction of sp³-hybridized carbons (Fsp3) is 0.130. The van der Waals surface area contributed by atoms with Gasteiger partial charge < -0.3 is 4.74 Å². The predicted molar refractivity (Wildman–Crippen MR) is 121 cm³/mol. The van der Waals surface area contributed by atoms with Crippen LogP contribution in [0, 0.1) is 0 Å². The highest BCUT2D eigenvalue weighted by Gasteiger charge is 2.16. The fourth-order valence-corrected chi connectivity index (χ4v) is 3.78. The molecule has 0 saturated carbocycles. The van der Waals surface area contributed by atoms with Gasteiger partial charge in [0, 0.05) is 16.8 Å². The van der Waals surface area contributed by atoms with E-state index in [1.54, 1.807) is 54.6 Å². The van der Waals surface area contributed by atoms with Crippen molar-refractivity contribution in [3.05, 3.63) is 90.0 Å². The lowest BCUT2D eigenvalue weighted by atomic mass is 10.2. The second-order valence-electron chi connectivity index (χ2n) is 7.10. The van der Waals surface area contributed by atoms with E-state index in [9.17, 15) is 18.0 Å². The molecule has 0 fully saturated rings. The number of ether oxygens (including phenoxy) is 1. The van der Waals surface area contributed by atoms with Crippen LogP contribution in [0.4, 0.5) is 5.69 Å². The van der Waals surface area contributed by atoms with Crippen LogP contribution in [0.2, 0.25) is 0 Å². The van der Waals surface area contributed by atoms with E-state index < -0.39 is 21.8 Å². The fourth-order valence-electron chi connectivity index (χ4n) is 2.72. The smallest absolute Gasteiger partial charge is 0.269 e. The van der Waals surface area contributed by atoms with E-state index in [1.807, 2.05) is 13.8 Å². The van der Waals surface area contributed by atoms with Crippen molar-refractivity contribution >= 4 is 27.5 Å². The van der Waals surface area contributed by atoms with E-state index in [0.717, 1.165) is 0 Å². The average Bonchev–Trinajstić information content (AvgIpc) is 2.78. The Kier molecular flexibility index (Phi) is 7.11. The van der Waals surface area contributed by atoms with Gasteiger partial charge in [-0.2, -0.15) is 0 Å². The van der Waals surface area contributed by atoms with Gasteiger partial charge in [0.25, 0.3) is 21.8 Å². The first kappa shape index (κ1) is 22.8. The van der Waals surface area contributed by atoms with E-state index in [1.165, 1.54) is 24.3 Å². The minimum absolute atomic E-state index is 0.00523. The Labute approximate surface area is 186 Å². The summed E-state index contributed by atoms with van der Waals surface area (Å²) in [5.41, 5.74) is 5.59. The summed E-state index contributed by atoms with van der Waals surface area (Å²) in [6, 6.07) is 20.3. The quantitative estimate of drug-likeness (QED) is 0.475. The number of rotatable bonds is 7. The van der Waals surface area contributed by atoms with Gasteiger partial charge in [-0.3, -0.25) is 25.2 Å². The van der Waals surface area contributed by atoms with E-state index >= 15 is 0 Å². The molecule has 0 aliphatic rings. The molecule has 3 N–H and O–H groups in total. The molecule has 0 atom stereocenters. The van der Waals surface area contributed by atoms with Gasteiger partial charge in [0.05, 0.1) is 11.0 Å². The number of hydrogen-bond donors (Lipinski definition) is 3. The summed E-state index contributed by atoms with van der Waals surface area (Å²) in [7, 11) is -3.79. The molecule has 0 spiro atoms. The van der Waals surface area contributed by atoms with Gasteiger partial charge in [-0.25, -0.2) is 8.42 Å². The molecule has 32 heavy (non-hydrogen) atoms. The second-order valence-corrected chi connectivity index (χ2v) is 8.78. The van der Waals surface area contributed by atoms with Crippen molar-refractivity contribution in [1.82, 2.24) is 10.9 Å². The molecule has 0 aliphatic carbocycles. The highest BCUT2D eigenvalue weighted by molar-refractivity contribution is 7.92. The zero-order valence-corrected chi connectivity index (χ0v) is 18.3. The van der Waals surface area contributed by atoms with Crippen LogP contribution < -0.4 is 20.3 Å². The van der Waals surface area contributed by atoms with Crippen molar-refractivity contribution in [2.75, 3.05) is 4.72 Å². The molecule has 3 rings (SSSR count). The van der Waals surface area contributed by atoms with Gasteiger partial charge >= 0.3 is 0 Å². The number of amides is 2. The number of carbonyl (C=O) groups is 2. The zero-order valence-electron chi connectivity index (χ0n) is 17.5. The first-order valence-corrected chi connectivity index (χ1v) is 11.3. The van der Waals surface area contributed by atoms with Gasteiger partial charge in [0.15, 0.2) is 0 Å². The minimum Gasteiger partial charge on any atom is -0.491 e. The van der Waals surface area contributed by atoms with E-state index in [2.05, 4.69) is 15.6 Å². The molecule has 0 aliphatic heterocycles. The standard InChI is InChI=1S/C23H23N3O5S/c1-16(2)31-20-12-8-17(9-13-20)22(27)24-25-23(28)18-10-14-21(15-11-18)32(29,30)26-19-6-4-3-5-7-19/h3-16,26H,1-2H3,(H,24,27)(H,25,28). The Bertz CT molecular complexity index is 1180. The van der Waals surface area contributed by atoms with E-state index in [0.29, 0.717) is 17.0 Å². The maximum Gasteiger partial charge on any atom is 0.269 e. The zero-order chi connectivity index (χ0) is 23.1. The first-order chi connectivity index (χ1) is 15.2. The number of hydrazine groups is 1. The lowest BCUT2D eigenvalue weighted by Gasteiger charge is -2.11. The van der Waals surface area contributed by atoms with E-state index in [4.69, 9.17) is 4.74 Å². The number of hydrogen-bond acceptors (Lipinski definition) is 5. The van der Waals surface area contributed by atoms with Crippen molar-refractivity contribution < 1.29 is 22.7 Å². The van der Waals surface area contributed by atoms with Crippen LogP contribution >= 0.6 is 0 Å². The summed E-state index contributed by atoms with van der Waals surface area (Å²) in [5, 5.41) is 0. The largest absolute Gasteiger partial charge is 0.491 e. The Hall–Kier alpha value is -3.85. The van der Waals surface area contributed by atoms with Crippen molar-refractivity contribution in [2.24, 2.45) is 0 Å². The molecule has 0 radical (unpaired) electrons. The van der Waals surface area contributed by atoms with Crippen molar-refractivity contribution in [3.63, 3.8) is 0 Å². The van der Waals surface area contributed by atoms with Gasteiger partial charge in [0.1, 0.15) is 5.75 Å². The van der Waals surface area contributed by atoms with Crippen LogP contribution in [-0.4, -0.2) is 26.3 Å². The molecule has 8 nitrogen and oxygen atoms in total. The van der Waals surface area contributed by atoms with Crippen LogP contribution in [0.15, 0.2) is 83.8 Å². The summed E-state index contributed by atoms with van der Waals surface area (Å²) in [4.78, 5) is 24.5. The molecule has 0 unspecified atom stereocenters. The molecular formula is C23H23N3O5S. The Balaban J connectivity index is 1.58. The monoisotopic (exact) mass is 453 g/mol. The van der Waals surface area contributed by atoms with Gasteiger partial charge in [-0.1, -0.05) is 18.2 Å². The maximum absolute atomic E-state index is 12.5. The Morgan fingerprint density at radius 2 is 1.25 bits per heavy atom. The van der Waals surface area contributed by atoms with Gasteiger partial charge in [-0.05, 0) is 74.5 Å². The molecule has 166 valence electrons. The lowest BCUT2D eigenvalue weighted by Crippen LogP contribution is -2.41. The minimum atomic E-state index is -3.79. The third kappa shape index (κ3) is 6.08. The summed E-state index contributed by atoms with van der Waals surface area (Å²) >= 11 is 0. The maximum atomic E-state index is 12.5. The summed E-state index contributed by atoms with van der Waals surface area (Å²) < 4.78 is 32.9. The van der Waals surface area contributed by atoms with Crippen LogP contribution in [0.1, 0.15) is 34.6 Å². The molecule has 0 bridgehead atoms. The van der Waals surface area contributed by atoms with Crippen LogP contribution in [0.3, 0.4) is 0 Å². The first-order valence-electron chi connectivity index (χ1n) is 9.80. The SMILES string of the molecule is CC(C)Oc1ccc(C(=O)NNC(=O)c2ccc(S(=O)(=O)Nc3ccccc3)cc2)cc1. The molecule has 0 heterocycles. The van der Waals surface area contributed by atoms with Crippen LogP contribution in [0.25, 0.3) is 0 Å². The third-order valence-corrected chi connectivity index (χ3v) is 5.63. The molecule has 0 aromatic heterocycles. The lowest BCUT2D eigenvalue weighted by molar-refractivity contribution is 0.0846. The van der Waals surface area contributed by atoms with Crippen LogP contribution in [0.5, 0.6) is 5.75 Å². The topological polar surface area (TPSA) is 114 Å². The highest BCUT2D eigenvalue weighted by Crippen LogP contribution is 2.16. The number of benzene rings is 3. The average molecular weight is 454 g/mol. The van der Waals surface area contributed by atoms with E-state index in [-0.39, 0.29) is 16.6 Å². The highest BCUT2D eigenvalue weighted by atomic mass is 32.2. The summed E-state index contributed by atoms with van der Waals surface area (Å²) in [5.74, 6) is -0.448. The number of para-hydroxylation sites is 1. The summed E-state index contributed by atoms with van der Waals surface area (Å²) in [6.45, 7) is 3.80. The molecule has 0 saturated heterocycles. The van der Waals surface area contributed by atoms with Crippen molar-refractivity contribution in [2.45, 2.75) is 24.8 Å². The van der Waals surface area contributed by atoms with Crippen molar-refractivity contribution in [3.8, 4) is 5.75 Å². The Morgan fingerprint density at radius 3 is 1.75 bits per heavy atom. The molecular weight excluding hydrogens is 430 g/mol. The Morgan fingerprint density at radius 1 is 0.750 bits per heavy atom. The predicted octanol–water partition coefficient (Wildman–Crippen LogP) is 3.35. The van der Waals surface area contributed by atoms with Crippen molar-refractivity contribution in [1.29, 1.82) is 0 Å². The molecule has 3 aromatic carbocycles.